The van der Waals surface area contributed by atoms with Crippen molar-refractivity contribution < 1.29 is 4.74 Å². The lowest BCUT2D eigenvalue weighted by Crippen LogP contribution is -2.48. The van der Waals surface area contributed by atoms with Gasteiger partial charge >= 0.3 is 0 Å². The zero-order valence-electron chi connectivity index (χ0n) is 12.6. The maximum absolute atomic E-state index is 6.42. The van der Waals surface area contributed by atoms with E-state index in [-0.39, 0.29) is 0 Å². The monoisotopic (exact) mass is 281 g/mol. The third kappa shape index (κ3) is 2.61. The summed E-state index contributed by atoms with van der Waals surface area (Å²) in [5.41, 5.74) is 2.07. The first-order valence-electron chi connectivity index (χ1n) is 7.86. The molecule has 0 spiro atoms. The summed E-state index contributed by atoms with van der Waals surface area (Å²) in [6.45, 7) is 3.84. The Morgan fingerprint density at radius 2 is 1.57 bits per heavy atom. The maximum Gasteiger partial charge on any atom is 0.133 e. The molecule has 2 aromatic carbocycles. The predicted molar refractivity (Wildman–Crippen MR) is 86.3 cm³/mol. The molecule has 0 saturated carbocycles. The second-order valence-corrected chi connectivity index (χ2v) is 5.55. The van der Waals surface area contributed by atoms with Crippen molar-refractivity contribution in [2.75, 3.05) is 13.2 Å². The number of nitrogens with one attached hydrogen (secondary N) is 1. The van der Waals surface area contributed by atoms with Crippen LogP contribution in [-0.4, -0.2) is 19.2 Å². The van der Waals surface area contributed by atoms with Crippen molar-refractivity contribution in [1.29, 1.82) is 0 Å². The molecule has 110 valence electrons. The van der Waals surface area contributed by atoms with Gasteiger partial charge in [-0.25, -0.2) is 0 Å². The lowest BCUT2D eigenvalue weighted by molar-refractivity contribution is -0.0355. The van der Waals surface area contributed by atoms with Crippen molar-refractivity contribution >= 4 is 0 Å². The molecule has 0 bridgehead atoms. The summed E-state index contributed by atoms with van der Waals surface area (Å²) in [6, 6.07) is 21.6. The van der Waals surface area contributed by atoms with Crippen molar-refractivity contribution in [2.45, 2.75) is 31.4 Å². The van der Waals surface area contributed by atoms with Gasteiger partial charge in [-0.3, -0.25) is 0 Å². The summed E-state index contributed by atoms with van der Waals surface area (Å²) < 4.78 is 6.42. The first kappa shape index (κ1) is 14.3. The summed E-state index contributed by atoms with van der Waals surface area (Å²) in [6.07, 6.45) is 2.35. The fourth-order valence-electron chi connectivity index (χ4n) is 3.47. The minimum Gasteiger partial charge on any atom is -0.364 e. The van der Waals surface area contributed by atoms with Crippen molar-refractivity contribution in [3.63, 3.8) is 0 Å². The Bertz CT molecular complexity index is 507. The van der Waals surface area contributed by atoms with Crippen LogP contribution in [0.2, 0.25) is 0 Å². The zero-order chi connectivity index (χ0) is 14.5. The molecule has 2 heteroatoms. The molecule has 1 fully saturated rings. The van der Waals surface area contributed by atoms with Gasteiger partial charge in [0.05, 0.1) is 0 Å². The van der Waals surface area contributed by atoms with E-state index < -0.39 is 5.60 Å². The van der Waals surface area contributed by atoms with E-state index in [4.69, 9.17) is 4.74 Å². The van der Waals surface area contributed by atoms with Gasteiger partial charge in [-0.05, 0) is 37.4 Å². The van der Waals surface area contributed by atoms with E-state index in [1.54, 1.807) is 0 Å². The van der Waals surface area contributed by atoms with E-state index in [9.17, 15) is 0 Å². The highest BCUT2D eigenvalue weighted by Gasteiger charge is 2.44. The van der Waals surface area contributed by atoms with Crippen LogP contribution in [0.5, 0.6) is 0 Å². The molecule has 0 amide bonds. The molecular weight excluding hydrogens is 258 g/mol. The fourth-order valence-corrected chi connectivity index (χ4v) is 3.47. The first-order chi connectivity index (χ1) is 10.4. The average molecular weight is 281 g/mol. The summed E-state index contributed by atoms with van der Waals surface area (Å²) in [4.78, 5) is 0. The van der Waals surface area contributed by atoms with Crippen LogP contribution in [0.15, 0.2) is 60.7 Å². The minimum atomic E-state index is -0.395. The number of hydrogen-bond acceptors (Lipinski definition) is 2. The van der Waals surface area contributed by atoms with Crippen molar-refractivity contribution in [3.05, 3.63) is 71.8 Å². The molecule has 1 aliphatic heterocycles. The fraction of sp³-hybridized carbons (Fsp3) is 0.368. The Morgan fingerprint density at radius 3 is 2.00 bits per heavy atom. The normalized spacial score (nSPS) is 18.8. The highest BCUT2D eigenvalue weighted by Crippen LogP contribution is 2.40. The molecule has 0 aromatic heterocycles. The second-order valence-electron chi connectivity index (χ2n) is 5.55. The lowest BCUT2D eigenvalue weighted by Gasteiger charge is -2.40. The molecule has 3 rings (SSSR count). The Balaban J connectivity index is 2.15. The van der Waals surface area contributed by atoms with Crippen molar-refractivity contribution in [2.24, 2.45) is 0 Å². The molecular formula is C19H23NO. The Labute approximate surface area is 127 Å². The SMILES string of the molecule is CCOC(c1ccccc1)(c1ccccc1)C1CCCN1. The van der Waals surface area contributed by atoms with E-state index in [1.165, 1.54) is 17.5 Å². The van der Waals surface area contributed by atoms with E-state index in [2.05, 4.69) is 72.9 Å². The van der Waals surface area contributed by atoms with E-state index in [0.29, 0.717) is 12.6 Å². The predicted octanol–water partition coefficient (Wildman–Crippen LogP) is 3.72. The smallest absolute Gasteiger partial charge is 0.133 e. The van der Waals surface area contributed by atoms with E-state index in [1.807, 2.05) is 0 Å². The number of benzene rings is 2. The van der Waals surface area contributed by atoms with Crippen LogP contribution in [0.1, 0.15) is 30.9 Å². The molecule has 2 nitrogen and oxygen atoms in total. The van der Waals surface area contributed by atoms with Crippen LogP contribution in [0, 0.1) is 0 Å². The van der Waals surface area contributed by atoms with Crippen LogP contribution in [0.4, 0.5) is 0 Å². The number of ether oxygens (including phenoxy) is 1. The maximum atomic E-state index is 6.42. The number of hydrogen-bond donors (Lipinski definition) is 1. The third-order valence-corrected chi connectivity index (χ3v) is 4.33. The summed E-state index contributed by atoms with van der Waals surface area (Å²) in [5.74, 6) is 0. The summed E-state index contributed by atoms with van der Waals surface area (Å²) >= 11 is 0. The quantitative estimate of drug-likeness (QED) is 0.902. The molecule has 1 heterocycles. The molecule has 0 aliphatic carbocycles. The van der Waals surface area contributed by atoms with Gasteiger partial charge in [-0.1, -0.05) is 60.7 Å². The highest BCUT2D eigenvalue weighted by molar-refractivity contribution is 5.39. The summed E-state index contributed by atoms with van der Waals surface area (Å²) in [5, 5.41) is 3.65. The van der Waals surface area contributed by atoms with Crippen LogP contribution >= 0.6 is 0 Å². The Morgan fingerprint density at radius 1 is 1.00 bits per heavy atom. The minimum absolute atomic E-state index is 0.322. The van der Waals surface area contributed by atoms with Crippen molar-refractivity contribution in [1.82, 2.24) is 5.32 Å². The molecule has 21 heavy (non-hydrogen) atoms. The van der Waals surface area contributed by atoms with Gasteiger partial charge in [0, 0.05) is 12.6 Å². The van der Waals surface area contributed by atoms with Crippen LogP contribution in [0.25, 0.3) is 0 Å². The lowest BCUT2D eigenvalue weighted by atomic mass is 9.79. The molecule has 1 saturated heterocycles. The molecule has 1 atom stereocenters. The Hall–Kier alpha value is -1.64. The molecule has 1 aliphatic rings. The van der Waals surface area contributed by atoms with Gasteiger partial charge in [0.1, 0.15) is 5.60 Å². The highest BCUT2D eigenvalue weighted by atomic mass is 16.5. The van der Waals surface area contributed by atoms with E-state index in [0.717, 1.165) is 13.0 Å². The van der Waals surface area contributed by atoms with Crippen LogP contribution < -0.4 is 5.32 Å². The average Bonchev–Trinajstić information content (AvgIpc) is 3.09. The Kier molecular flexibility index (Phi) is 4.37. The van der Waals surface area contributed by atoms with Gasteiger partial charge < -0.3 is 10.1 Å². The van der Waals surface area contributed by atoms with Gasteiger partial charge in [0.2, 0.25) is 0 Å². The molecule has 1 N–H and O–H groups in total. The van der Waals surface area contributed by atoms with Crippen molar-refractivity contribution in [3.8, 4) is 0 Å². The van der Waals surface area contributed by atoms with Crippen LogP contribution in [0.3, 0.4) is 0 Å². The largest absolute Gasteiger partial charge is 0.364 e. The summed E-state index contributed by atoms with van der Waals surface area (Å²) in [7, 11) is 0. The van der Waals surface area contributed by atoms with Gasteiger partial charge in [0.25, 0.3) is 0 Å². The van der Waals surface area contributed by atoms with Gasteiger partial charge in [-0.15, -0.1) is 0 Å². The molecule has 0 radical (unpaired) electrons. The third-order valence-electron chi connectivity index (χ3n) is 4.33. The van der Waals surface area contributed by atoms with Gasteiger partial charge in [0.15, 0.2) is 0 Å². The molecule has 1 unspecified atom stereocenters. The van der Waals surface area contributed by atoms with Gasteiger partial charge in [-0.2, -0.15) is 0 Å². The number of rotatable bonds is 5. The second kappa shape index (κ2) is 6.42. The zero-order valence-corrected chi connectivity index (χ0v) is 12.6. The van der Waals surface area contributed by atoms with E-state index >= 15 is 0 Å². The topological polar surface area (TPSA) is 21.3 Å². The first-order valence-corrected chi connectivity index (χ1v) is 7.86. The van der Waals surface area contributed by atoms with Crippen LogP contribution in [-0.2, 0) is 10.3 Å². The standard InChI is InChI=1S/C19H23NO/c1-2-21-19(18-14-9-15-20-18,16-10-5-3-6-11-16)17-12-7-4-8-13-17/h3-8,10-13,18,20H,2,9,14-15H2,1H3. The molecule has 2 aromatic rings.